The van der Waals surface area contributed by atoms with Crippen LogP contribution in [0.25, 0.3) is 22.0 Å². The van der Waals surface area contributed by atoms with Gasteiger partial charge in [-0.1, -0.05) is 36.0 Å². The van der Waals surface area contributed by atoms with Crippen molar-refractivity contribution in [3.05, 3.63) is 77.6 Å². The average Bonchev–Trinajstić information content (AvgIpc) is 3.77. The summed E-state index contributed by atoms with van der Waals surface area (Å²) in [5.74, 6) is -0.377. The van der Waals surface area contributed by atoms with Gasteiger partial charge in [0.25, 0.3) is 5.91 Å². The molecule has 2 atom stereocenters. The van der Waals surface area contributed by atoms with E-state index in [1.807, 2.05) is 46.2 Å². The Labute approximate surface area is 306 Å². The maximum absolute atomic E-state index is 13.9. The van der Waals surface area contributed by atoms with Gasteiger partial charge in [-0.05, 0) is 71.8 Å². The number of rotatable bonds is 12. The normalized spacial score (nSPS) is 18.2. The Balaban J connectivity index is 1.06. The third-order valence-corrected chi connectivity index (χ3v) is 11.2. The average molecular weight is 723 g/mol. The molecular weight excluding hydrogens is 681 g/mol. The molecule has 3 aliphatic rings. The topological polar surface area (TPSA) is 164 Å². The SMILES string of the molecule is Cc1c(Nc2nccc3cc(CNCC(=O)N(C)CCO)cnc23)cccc1-c1cccc2c1CCN2C(=O)C1=NC2CCN(CC(=O)O)CC2S1. The second-order valence-corrected chi connectivity index (χ2v) is 14.6. The van der Waals surface area contributed by atoms with Crippen molar-refractivity contribution in [2.45, 2.75) is 37.6 Å². The first-order valence-corrected chi connectivity index (χ1v) is 18.4. The fraction of sp³-hybridized carbons (Fsp3) is 0.368. The number of nitrogens with zero attached hydrogens (tertiary/aromatic N) is 6. The van der Waals surface area contributed by atoms with E-state index < -0.39 is 5.97 Å². The number of hydrogen-bond donors (Lipinski definition) is 4. The lowest BCUT2D eigenvalue weighted by Crippen LogP contribution is -2.45. The van der Waals surface area contributed by atoms with Crippen LogP contribution in [0.3, 0.4) is 0 Å². The molecule has 1 fully saturated rings. The van der Waals surface area contributed by atoms with Crippen LogP contribution in [0.15, 0.2) is 65.9 Å². The Morgan fingerprint density at radius 3 is 2.73 bits per heavy atom. The van der Waals surface area contributed by atoms with Gasteiger partial charge in [-0.3, -0.25) is 29.3 Å². The Hall–Kier alpha value is -4.89. The number of aliphatic carboxylic acids is 1. The summed E-state index contributed by atoms with van der Waals surface area (Å²) in [5.41, 5.74) is 7.77. The number of benzene rings is 2. The van der Waals surface area contributed by atoms with Crippen molar-refractivity contribution in [1.29, 1.82) is 0 Å². The molecule has 7 rings (SSSR count). The predicted octanol–water partition coefficient (Wildman–Crippen LogP) is 3.45. The smallest absolute Gasteiger partial charge is 0.317 e. The van der Waals surface area contributed by atoms with Crippen molar-refractivity contribution >= 4 is 62.7 Å². The van der Waals surface area contributed by atoms with Crippen molar-refractivity contribution in [3.8, 4) is 11.1 Å². The molecule has 52 heavy (non-hydrogen) atoms. The number of amides is 2. The molecule has 0 radical (unpaired) electrons. The minimum absolute atomic E-state index is 0.0110. The Morgan fingerprint density at radius 2 is 1.90 bits per heavy atom. The van der Waals surface area contributed by atoms with Gasteiger partial charge in [0.2, 0.25) is 5.91 Å². The van der Waals surface area contributed by atoms with Crippen molar-refractivity contribution < 1.29 is 24.6 Å². The van der Waals surface area contributed by atoms with Crippen molar-refractivity contribution in [2.75, 3.05) is 63.1 Å². The standard InChI is InChI=1S/C38H42N8O5S/c1-23-26(5-3-7-29(23)42-36-35-25(9-12-40-36)17-24(19-41-35)18-39-20-33(48)44(2)15-16-47)27-6-4-8-31-28(27)10-14-46(31)38(51)37-43-30-11-13-45(22-34(49)50)21-32(30)52-37/h3-9,12,17,19,30,32,39,47H,10-11,13-16,18,20-22H2,1-2H3,(H,40,42)(H,49,50). The van der Waals surface area contributed by atoms with E-state index in [0.29, 0.717) is 43.6 Å². The highest BCUT2D eigenvalue weighted by atomic mass is 32.2. The third kappa shape index (κ3) is 7.37. The number of aliphatic hydroxyl groups excluding tert-OH is 1. The first kappa shape index (κ1) is 35.5. The Morgan fingerprint density at radius 1 is 1.08 bits per heavy atom. The van der Waals surface area contributed by atoms with Crippen LogP contribution in [-0.2, 0) is 27.3 Å². The van der Waals surface area contributed by atoms with Crippen LogP contribution in [0.4, 0.5) is 17.2 Å². The van der Waals surface area contributed by atoms with Gasteiger partial charge in [-0.15, -0.1) is 0 Å². The number of carboxylic acid groups (broad SMARTS) is 1. The lowest BCUT2D eigenvalue weighted by Gasteiger charge is -2.32. The summed E-state index contributed by atoms with van der Waals surface area (Å²) >= 11 is 1.49. The number of aliphatic hydroxyl groups is 1. The number of pyridine rings is 2. The van der Waals surface area contributed by atoms with Gasteiger partial charge in [-0.25, -0.2) is 4.98 Å². The number of aromatic nitrogens is 2. The minimum Gasteiger partial charge on any atom is -0.480 e. The van der Waals surface area contributed by atoms with Gasteiger partial charge >= 0.3 is 5.97 Å². The van der Waals surface area contributed by atoms with Gasteiger partial charge in [-0.2, -0.15) is 0 Å². The first-order valence-electron chi connectivity index (χ1n) is 17.5. The van der Waals surface area contributed by atoms with Gasteiger partial charge in [0.15, 0.2) is 10.9 Å². The number of piperidine rings is 1. The van der Waals surface area contributed by atoms with E-state index in [1.165, 1.54) is 16.7 Å². The summed E-state index contributed by atoms with van der Waals surface area (Å²) < 4.78 is 0. The monoisotopic (exact) mass is 722 g/mol. The highest BCUT2D eigenvalue weighted by molar-refractivity contribution is 8.16. The molecule has 4 N–H and O–H groups in total. The second kappa shape index (κ2) is 15.4. The number of likely N-dealkylation sites (N-methyl/N-ethyl adjacent to an activating group) is 1. The molecule has 0 bridgehead atoms. The molecule has 2 unspecified atom stereocenters. The van der Waals surface area contributed by atoms with E-state index in [2.05, 4.69) is 34.7 Å². The summed E-state index contributed by atoms with van der Waals surface area (Å²) in [6.45, 7) is 4.81. The van der Waals surface area contributed by atoms with Crippen LogP contribution in [0.5, 0.6) is 0 Å². The van der Waals surface area contributed by atoms with Crippen molar-refractivity contribution in [2.24, 2.45) is 4.99 Å². The van der Waals surface area contributed by atoms with E-state index in [9.17, 15) is 19.5 Å². The van der Waals surface area contributed by atoms with E-state index in [0.717, 1.165) is 62.9 Å². The highest BCUT2D eigenvalue weighted by Gasteiger charge is 2.40. The van der Waals surface area contributed by atoms with Gasteiger partial charge < -0.3 is 30.6 Å². The molecule has 0 saturated carbocycles. The number of anilines is 3. The highest BCUT2D eigenvalue weighted by Crippen LogP contribution is 2.41. The van der Waals surface area contributed by atoms with Gasteiger partial charge in [0.1, 0.15) is 5.52 Å². The molecule has 3 aliphatic heterocycles. The molecule has 270 valence electrons. The van der Waals surface area contributed by atoms with Crippen LogP contribution in [0.1, 0.15) is 23.1 Å². The second-order valence-electron chi connectivity index (χ2n) is 13.4. The number of aliphatic imine (C=N–C) groups is 1. The number of thioether (sulfide) groups is 1. The quantitative estimate of drug-likeness (QED) is 0.169. The molecular formula is C38H42N8O5S. The molecule has 0 spiro atoms. The fourth-order valence-electron chi connectivity index (χ4n) is 7.22. The molecule has 2 amide bonds. The van der Waals surface area contributed by atoms with Crippen molar-refractivity contribution in [1.82, 2.24) is 25.1 Å². The molecule has 5 heterocycles. The number of carbonyl (C=O) groups is 3. The van der Waals surface area contributed by atoms with E-state index in [1.54, 1.807) is 19.4 Å². The minimum atomic E-state index is -0.836. The van der Waals surface area contributed by atoms with Crippen LogP contribution < -0.4 is 15.5 Å². The molecule has 13 nitrogen and oxygen atoms in total. The van der Waals surface area contributed by atoms with E-state index >= 15 is 0 Å². The lowest BCUT2D eigenvalue weighted by molar-refractivity contribution is -0.138. The summed E-state index contributed by atoms with van der Waals surface area (Å²) in [4.78, 5) is 56.7. The maximum Gasteiger partial charge on any atom is 0.317 e. The summed E-state index contributed by atoms with van der Waals surface area (Å²) in [7, 11) is 1.67. The number of likely N-dealkylation sites (tertiary alicyclic amines) is 1. The van der Waals surface area contributed by atoms with Gasteiger partial charge in [0.05, 0.1) is 25.7 Å². The van der Waals surface area contributed by atoms with Crippen LogP contribution in [-0.4, -0.2) is 117 Å². The van der Waals surface area contributed by atoms with Crippen molar-refractivity contribution in [3.63, 3.8) is 0 Å². The molecule has 0 aliphatic carbocycles. The van der Waals surface area contributed by atoms with Crippen LogP contribution in [0.2, 0.25) is 0 Å². The molecule has 14 heteroatoms. The maximum atomic E-state index is 13.9. The number of fused-ring (bicyclic) bond motifs is 3. The lowest BCUT2D eigenvalue weighted by atomic mass is 9.93. The predicted molar refractivity (Wildman–Crippen MR) is 203 cm³/mol. The number of carbonyl (C=O) groups excluding carboxylic acids is 2. The molecule has 2 aromatic heterocycles. The van der Waals surface area contributed by atoms with Gasteiger partial charge in [0, 0.05) is 74.2 Å². The molecule has 2 aromatic carbocycles. The zero-order valence-electron chi connectivity index (χ0n) is 29.2. The molecule has 4 aromatic rings. The zero-order chi connectivity index (χ0) is 36.4. The Bertz CT molecular complexity index is 2060. The number of carboxylic acids is 1. The van der Waals surface area contributed by atoms with E-state index in [-0.39, 0.29) is 42.8 Å². The summed E-state index contributed by atoms with van der Waals surface area (Å²) in [5, 5.41) is 26.5. The Kier molecular flexibility index (Phi) is 10.5. The van der Waals surface area contributed by atoms with Crippen LogP contribution in [0, 0.1) is 6.92 Å². The summed E-state index contributed by atoms with van der Waals surface area (Å²) in [6, 6.07) is 16.2. The first-order chi connectivity index (χ1) is 25.2. The fourth-order valence-corrected chi connectivity index (χ4v) is 8.55. The number of hydrogen-bond acceptors (Lipinski definition) is 11. The zero-order valence-corrected chi connectivity index (χ0v) is 30.0. The number of nitrogens with one attached hydrogen (secondary N) is 2. The third-order valence-electron chi connectivity index (χ3n) is 9.97. The largest absolute Gasteiger partial charge is 0.480 e. The summed E-state index contributed by atoms with van der Waals surface area (Å²) in [6.07, 6.45) is 5.01. The van der Waals surface area contributed by atoms with Crippen LogP contribution >= 0.6 is 11.8 Å². The molecule has 1 saturated heterocycles. The van der Waals surface area contributed by atoms with E-state index in [4.69, 9.17) is 15.1 Å².